The van der Waals surface area contributed by atoms with Crippen molar-refractivity contribution in [1.29, 1.82) is 0 Å². The van der Waals surface area contributed by atoms with Crippen molar-refractivity contribution < 1.29 is 9.59 Å². The van der Waals surface area contributed by atoms with E-state index in [4.69, 9.17) is 23.2 Å². The van der Waals surface area contributed by atoms with E-state index in [0.29, 0.717) is 28.5 Å². The highest BCUT2D eigenvalue weighted by atomic mass is 35.5. The van der Waals surface area contributed by atoms with Crippen molar-refractivity contribution in [1.82, 2.24) is 5.32 Å². The standard InChI is InChI=1S/C25H25Cl2NO2/c1-25(2,3)16-9-7-14(8-10-16)15-11-20-23(21(29)12-15)18(13-22(30)28-20)17-5-4-6-19(26)24(17)27/h4-10,15,18H,11-13H2,1-3H3,(H,28,30). The number of hydrogen-bond acceptors (Lipinski definition) is 2. The molecule has 1 heterocycles. The maximum absolute atomic E-state index is 13.2. The van der Waals surface area contributed by atoms with Gasteiger partial charge in [-0.25, -0.2) is 0 Å². The van der Waals surface area contributed by atoms with Gasteiger partial charge in [-0.05, 0) is 40.5 Å². The highest BCUT2D eigenvalue weighted by Crippen LogP contribution is 2.45. The lowest BCUT2D eigenvalue weighted by molar-refractivity contribution is -0.122. The first-order valence-electron chi connectivity index (χ1n) is 10.3. The third-order valence-electron chi connectivity index (χ3n) is 6.14. The average molecular weight is 442 g/mol. The largest absolute Gasteiger partial charge is 0.329 e. The van der Waals surface area contributed by atoms with Crippen LogP contribution in [-0.2, 0) is 15.0 Å². The fraction of sp³-hybridized carbons (Fsp3) is 0.360. The highest BCUT2D eigenvalue weighted by Gasteiger charge is 2.39. The zero-order valence-electron chi connectivity index (χ0n) is 17.4. The van der Waals surface area contributed by atoms with Crippen molar-refractivity contribution in [2.24, 2.45) is 0 Å². The van der Waals surface area contributed by atoms with E-state index in [2.05, 4.69) is 50.4 Å². The van der Waals surface area contributed by atoms with E-state index in [9.17, 15) is 9.59 Å². The smallest absolute Gasteiger partial charge is 0.225 e. The molecule has 4 rings (SSSR count). The van der Waals surface area contributed by atoms with E-state index in [1.54, 1.807) is 6.07 Å². The molecule has 1 N–H and O–H groups in total. The maximum Gasteiger partial charge on any atom is 0.225 e. The summed E-state index contributed by atoms with van der Waals surface area (Å²) in [6.45, 7) is 6.55. The molecule has 2 atom stereocenters. The van der Waals surface area contributed by atoms with E-state index in [0.717, 1.165) is 16.8 Å². The number of rotatable bonds is 2. The second kappa shape index (κ2) is 7.86. The first-order chi connectivity index (χ1) is 14.1. The summed E-state index contributed by atoms with van der Waals surface area (Å²) >= 11 is 12.6. The monoisotopic (exact) mass is 441 g/mol. The van der Waals surface area contributed by atoms with Crippen molar-refractivity contribution in [2.45, 2.75) is 57.3 Å². The predicted octanol–water partition coefficient (Wildman–Crippen LogP) is 6.30. The summed E-state index contributed by atoms with van der Waals surface area (Å²) in [7, 11) is 0. The third kappa shape index (κ3) is 3.93. The van der Waals surface area contributed by atoms with Gasteiger partial charge < -0.3 is 5.32 Å². The van der Waals surface area contributed by atoms with E-state index >= 15 is 0 Å². The van der Waals surface area contributed by atoms with Crippen LogP contribution in [-0.4, -0.2) is 11.7 Å². The van der Waals surface area contributed by atoms with Crippen molar-refractivity contribution in [2.75, 3.05) is 0 Å². The van der Waals surface area contributed by atoms with Crippen LogP contribution in [0.15, 0.2) is 53.7 Å². The van der Waals surface area contributed by atoms with Crippen molar-refractivity contribution >= 4 is 34.9 Å². The molecule has 30 heavy (non-hydrogen) atoms. The quantitative estimate of drug-likeness (QED) is 0.594. The Hall–Kier alpha value is -2.10. The number of amides is 1. The number of benzene rings is 2. The van der Waals surface area contributed by atoms with Crippen molar-refractivity contribution in [3.8, 4) is 0 Å². The number of allylic oxidation sites excluding steroid dienone is 2. The summed E-state index contributed by atoms with van der Waals surface area (Å²) in [4.78, 5) is 25.7. The number of halogens is 2. The molecule has 2 aromatic carbocycles. The fourth-order valence-electron chi connectivity index (χ4n) is 4.51. The molecule has 3 nitrogen and oxygen atoms in total. The van der Waals surface area contributed by atoms with E-state index in [1.807, 2.05) is 12.1 Å². The SMILES string of the molecule is CC(C)(C)c1ccc(C2CC(=O)C3=C(C2)NC(=O)CC3c2cccc(Cl)c2Cl)cc1. The molecule has 0 aromatic heterocycles. The molecule has 5 heteroatoms. The van der Waals surface area contributed by atoms with Crippen LogP contribution in [0.4, 0.5) is 0 Å². The second-order valence-electron chi connectivity index (χ2n) is 9.24. The number of ketones is 1. The lowest BCUT2D eigenvalue weighted by Crippen LogP contribution is -2.38. The Morgan fingerprint density at radius 3 is 2.30 bits per heavy atom. The van der Waals surface area contributed by atoms with Gasteiger partial charge in [0.05, 0.1) is 10.0 Å². The first kappa shape index (κ1) is 21.1. The molecule has 1 amide bonds. The zero-order chi connectivity index (χ0) is 21.6. The van der Waals surface area contributed by atoms with E-state index in [-0.39, 0.29) is 35.4 Å². The number of Topliss-reactive ketones (excluding diaryl/α,β-unsaturated/α-hetero) is 1. The van der Waals surface area contributed by atoms with E-state index < -0.39 is 0 Å². The predicted molar refractivity (Wildman–Crippen MR) is 121 cm³/mol. The number of hydrogen-bond donors (Lipinski definition) is 1. The summed E-state index contributed by atoms with van der Waals surface area (Å²) < 4.78 is 0. The molecule has 2 aromatic rings. The fourth-order valence-corrected chi connectivity index (χ4v) is 4.95. The molecule has 1 aliphatic heterocycles. The average Bonchev–Trinajstić information content (AvgIpc) is 2.68. The zero-order valence-corrected chi connectivity index (χ0v) is 18.9. The minimum Gasteiger partial charge on any atom is -0.329 e. The summed E-state index contributed by atoms with van der Waals surface area (Å²) in [6.07, 6.45) is 1.27. The van der Waals surface area contributed by atoms with Crippen LogP contribution in [0.3, 0.4) is 0 Å². The molecule has 0 saturated carbocycles. The Bertz CT molecular complexity index is 1050. The molecule has 0 spiro atoms. The molecular formula is C25H25Cl2NO2. The van der Waals surface area contributed by atoms with Crippen LogP contribution in [0.1, 0.15) is 68.6 Å². The molecule has 2 aliphatic rings. The van der Waals surface area contributed by atoms with Crippen LogP contribution in [0.5, 0.6) is 0 Å². The van der Waals surface area contributed by atoms with Crippen molar-refractivity contribution in [3.63, 3.8) is 0 Å². The number of carbonyl (C=O) groups excluding carboxylic acids is 2. The third-order valence-corrected chi connectivity index (χ3v) is 6.97. The van der Waals surface area contributed by atoms with Gasteiger partial charge in [0.2, 0.25) is 5.91 Å². The number of nitrogens with one attached hydrogen (secondary N) is 1. The van der Waals surface area contributed by atoms with Gasteiger partial charge in [-0.3, -0.25) is 9.59 Å². The Morgan fingerprint density at radius 2 is 1.63 bits per heavy atom. The summed E-state index contributed by atoms with van der Waals surface area (Å²) in [5, 5.41) is 3.81. The molecule has 156 valence electrons. The topological polar surface area (TPSA) is 46.2 Å². The van der Waals surface area contributed by atoms with Crippen LogP contribution in [0.2, 0.25) is 10.0 Å². The minimum absolute atomic E-state index is 0.0548. The number of carbonyl (C=O) groups is 2. The highest BCUT2D eigenvalue weighted by molar-refractivity contribution is 6.42. The molecule has 0 fully saturated rings. The van der Waals surface area contributed by atoms with Gasteiger partial charge in [0.15, 0.2) is 5.78 Å². The molecule has 0 radical (unpaired) electrons. The molecule has 1 aliphatic carbocycles. The lowest BCUT2D eigenvalue weighted by atomic mass is 9.73. The van der Waals surface area contributed by atoms with Gasteiger partial charge in [-0.15, -0.1) is 0 Å². The van der Waals surface area contributed by atoms with Gasteiger partial charge in [0.1, 0.15) is 0 Å². The van der Waals surface area contributed by atoms with Crippen LogP contribution < -0.4 is 5.32 Å². The maximum atomic E-state index is 13.2. The summed E-state index contributed by atoms with van der Waals surface area (Å²) in [5.74, 6) is -0.315. The molecular weight excluding hydrogens is 417 g/mol. The summed E-state index contributed by atoms with van der Waals surface area (Å²) in [6, 6.07) is 13.9. The van der Waals surface area contributed by atoms with Crippen molar-refractivity contribution in [3.05, 3.63) is 80.5 Å². The summed E-state index contributed by atoms with van der Waals surface area (Å²) in [5.41, 5.74) is 4.62. The first-order valence-corrected chi connectivity index (χ1v) is 11.0. The van der Waals surface area contributed by atoms with E-state index in [1.165, 1.54) is 5.56 Å². The Kier molecular flexibility index (Phi) is 5.54. The van der Waals surface area contributed by atoms with Gasteiger partial charge in [0, 0.05) is 30.0 Å². The van der Waals surface area contributed by atoms with Crippen LogP contribution in [0.25, 0.3) is 0 Å². The van der Waals surface area contributed by atoms with Gasteiger partial charge in [-0.2, -0.15) is 0 Å². The molecule has 0 saturated heterocycles. The normalized spacial score (nSPS) is 22.0. The Labute approximate surface area is 187 Å². The molecule has 2 unspecified atom stereocenters. The lowest BCUT2D eigenvalue weighted by Gasteiger charge is -2.35. The molecule has 0 bridgehead atoms. The Morgan fingerprint density at radius 1 is 0.933 bits per heavy atom. The Balaban J connectivity index is 1.68. The van der Waals surface area contributed by atoms with Gasteiger partial charge in [-0.1, -0.05) is 80.4 Å². The minimum atomic E-state index is -0.350. The van der Waals surface area contributed by atoms with Crippen LogP contribution >= 0.6 is 23.2 Å². The van der Waals surface area contributed by atoms with Crippen LogP contribution in [0, 0.1) is 0 Å². The second-order valence-corrected chi connectivity index (χ2v) is 10.0. The van der Waals surface area contributed by atoms with Gasteiger partial charge >= 0.3 is 0 Å². The van der Waals surface area contributed by atoms with Gasteiger partial charge in [0.25, 0.3) is 0 Å².